The molecule has 1 aromatic rings. The zero-order valence-corrected chi connectivity index (χ0v) is 12.7. The summed E-state index contributed by atoms with van der Waals surface area (Å²) in [5, 5.41) is 11.4. The summed E-state index contributed by atoms with van der Waals surface area (Å²) < 4.78 is 0. The molecule has 0 amide bonds. The number of nitrogens with two attached hydrogens (primary N) is 1. The molecule has 1 atom stereocenters. The molecule has 0 bridgehead atoms. The molecule has 1 saturated heterocycles. The Morgan fingerprint density at radius 1 is 1.38 bits per heavy atom. The minimum atomic E-state index is -0.352. The lowest BCUT2D eigenvalue weighted by Gasteiger charge is -2.24. The zero-order valence-electron chi connectivity index (χ0n) is 12.7. The van der Waals surface area contributed by atoms with E-state index in [1.807, 2.05) is 12.1 Å². The Hall–Kier alpha value is -1.82. The first kappa shape index (κ1) is 15.6. The Morgan fingerprint density at radius 2 is 2.14 bits per heavy atom. The van der Waals surface area contributed by atoms with Crippen LogP contribution >= 0.6 is 0 Å². The summed E-state index contributed by atoms with van der Waals surface area (Å²) in [6.07, 6.45) is 3.34. The lowest BCUT2D eigenvalue weighted by molar-refractivity contribution is -0.383. The molecule has 21 heavy (non-hydrogen) atoms. The third kappa shape index (κ3) is 3.44. The monoisotopic (exact) mass is 292 g/mol. The maximum Gasteiger partial charge on any atom is 0.316 e. The molecule has 0 aromatic heterocycles. The van der Waals surface area contributed by atoms with Crippen LogP contribution in [0.15, 0.2) is 18.2 Å². The maximum absolute atomic E-state index is 11.4. The molecule has 1 heterocycles. The summed E-state index contributed by atoms with van der Waals surface area (Å²) in [6.45, 7) is 6.22. The van der Waals surface area contributed by atoms with Gasteiger partial charge in [-0.3, -0.25) is 16.0 Å². The summed E-state index contributed by atoms with van der Waals surface area (Å²) in [5.74, 6) is 6.77. The number of nitrogens with one attached hydrogen (secondary N) is 1. The van der Waals surface area contributed by atoms with Crippen molar-refractivity contribution < 1.29 is 4.92 Å². The van der Waals surface area contributed by atoms with Crippen molar-refractivity contribution in [1.29, 1.82) is 0 Å². The van der Waals surface area contributed by atoms with E-state index in [4.69, 9.17) is 5.84 Å². The van der Waals surface area contributed by atoms with Crippen molar-refractivity contribution in [2.75, 3.05) is 23.4 Å². The number of para-hydroxylation sites is 1. The van der Waals surface area contributed by atoms with Gasteiger partial charge in [0.05, 0.1) is 4.92 Å². The SMILES string of the molecule is CC(C)C1CCCN(c2cccc(NN)c2[N+](=O)[O-])CC1. The van der Waals surface area contributed by atoms with Gasteiger partial charge in [-0.05, 0) is 43.2 Å². The fourth-order valence-corrected chi connectivity index (χ4v) is 3.12. The number of nitro benzene ring substituents is 1. The van der Waals surface area contributed by atoms with Gasteiger partial charge in [0, 0.05) is 13.1 Å². The second-order valence-electron chi connectivity index (χ2n) is 6.00. The van der Waals surface area contributed by atoms with Gasteiger partial charge in [-0.25, -0.2) is 0 Å². The van der Waals surface area contributed by atoms with Gasteiger partial charge in [0.15, 0.2) is 0 Å². The number of nitrogen functional groups attached to an aromatic ring is 1. The van der Waals surface area contributed by atoms with Crippen molar-refractivity contribution in [2.45, 2.75) is 33.1 Å². The molecule has 1 aromatic carbocycles. The van der Waals surface area contributed by atoms with Crippen LogP contribution in [0.3, 0.4) is 0 Å². The molecule has 3 N–H and O–H groups in total. The van der Waals surface area contributed by atoms with E-state index in [1.54, 1.807) is 6.07 Å². The van der Waals surface area contributed by atoms with Gasteiger partial charge in [-0.1, -0.05) is 19.9 Å². The summed E-state index contributed by atoms with van der Waals surface area (Å²) in [6, 6.07) is 5.26. The van der Waals surface area contributed by atoms with Crippen LogP contribution in [0.1, 0.15) is 33.1 Å². The summed E-state index contributed by atoms with van der Waals surface area (Å²) in [4.78, 5) is 13.2. The topological polar surface area (TPSA) is 84.4 Å². The van der Waals surface area contributed by atoms with Crippen molar-refractivity contribution in [3.8, 4) is 0 Å². The van der Waals surface area contributed by atoms with Crippen molar-refractivity contribution in [3.05, 3.63) is 28.3 Å². The average molecular weight is 292 g/mol. The Kier molecular flexibility index (Phi) is 5.01. The van der Waals surface area contributed by atoms with E-state index in [9.17, 15) is 10.1 Å². The molecule has 0 aliphatic carbocycles. The first-order valence-corrected chi connectivity index (χ1v) is 7.53. The molecule has 6 nitrogen and oxygen atoms in total. The maximum atomic E-state index is 11.4. The van der Waals surface area contributed by atoms with Crippen LogP contribution in [0.4, 0.5) is 17.1 Å². The lowest BCUT2D eigenvalue weighted by atomic mass is 9.89. The minimum Gasteiger partial charge on any atom is -0.366 e. The van der Waals surface area contributed by atoms with Gasteiger partial charge in [0.25, 0.3) is 0 Å². The van der Waals surface area contributed by atoms with Gasteiger partial charge in [-0.15, -0.1) is 0 Å². The van der Waals surface area contributed by atoms with Gasteiger partial charge < -0.3 is 10.3 Å². The highest BCUT2D eigenvalue weighted by Gasteiger charge is 2.26. The van der Waals surface area contributed by atoms with Crippen LogP contribution in [-0.2, 0) is 0 Å². The molecule has 1 unspecified atom stereocenters. The van der Waals surface area contributed by atoms with Crippen molar-refractivity contribution in [1.82, 2.24) is 0 Å². The highest BCUT2D eigenvalue weighted by molar-refractivity contribution is 5.76. The third-order valence-electron chi connectivity index (χ3n) is 4.41. The van der Waals surface area contributed by atoms with E-state index < -0.39 is 0 Å². The summed E-state index contributed by atoms with van der Waals surface area (Å²) >= 11 is 0. The van der Waals surface area contributed by atoms with E-state index in [1.165, 1.54) is 6.42 Å². The second-order valence-corrected chi connectivity index (χ2v) is 6.00. The Morgan fingerprint density at radius 3 is 2.76 bits per heavy atom. The molecule has 0 saturated carbocycles. The van der Waals surface area contributed by atoms with Crippen molar-refractivity contribution in [2.24, 2.45) is 17.7 Å². The molecular formula is C15H24N4O2. The third-order valence-corrected chi connectivity index (χ3v) is 4.41. The fourth-order valence-electron chi connectivity index (χ4n) is 3.12. The normalized spacial score (nSPS) is 19.4. The van der Waals surface area contributed by atoms with E-state index >= 15 is 0 Å². The molecule has 2 rings (SSSR count). The molecule has 1 aliphatic heterocycles. The Labute approximate surface area is 125 Å². The number of benzene rings is 1. The number of nitrogens with zero attached hydrogens (tertiary/aromatic N) is 2. The molecule has 1 fully saturated rings. The first-order valence-electron chi connectivity index (χ1n) is 7.53. The van der Waals surface area contributed by atoms with Gasteiger partial charge >= 0.3 is 5.69 Å². The van der Waals surface area contributed by atoms with Crippen LogP contribution in [0.25, 0.3) is 0 Å². The lowest BCUT2D eigenvalue weighted by Crippen LogP contribution is -2.26. The Balaban J connectivity index is 2.27. The largest absolute Gasteiger partial charge is 0.366 e. The van der Waals surface area contributed by atoms with Crippen molar-refractivity contribution in [3.63, 3.8) is 0 Å². The highest BCUT2D eigenvalue weighted by Crippen LogP contribution is 2.37. The number of hydrazine groups is 1. The molecule has 1 aliphatic rings. The van der Waals surface area contributed by atoms with Crippen LogP contribution in [0.2, 0.25) is 0 Å². The molecular weight excluding hydrogens is 268 g/mol. The van der Waals surface area contributed by atoms with Crippen LogP contribution in [0, 0.1) is 22.0 Å². The molecule has 6 heteroatoms. The summed E-state index contributed by atoms with van der Waals surface area (Å²) in [7, 11) is 0. The van der Waals surface area contributed by atoms with Crippen LogP contribution in [-0.4, -0.2) is 18.0 Å². The number of hydrogen-bond donors (Lipinski definition) is 2. The number of hydrogen-bond acceptors (Lipinski definition) is 5. The van der Waals surface area contributed by atoms with E-state index in [0.717, 1.165) is 25.9 Å². The number of rotatable bonds is 4. The molecule has 0 spiro atoms. The van der Waals surface area contributed by atoms with E-state index in [2.05, 4.69) is 24.2 Å². The molecule has 116 valence electrons. The zero-order chi connectivity index (χ0) is 15.4. The number of nitro groups is 1. The van der Waals surface area contributed by atoms with Gasteiger partial charge in [0.1, 0.15) is 11.4 Å². The first-order chi connectivity index (χ1) is 10.0. The fraction of sp³-hybridized carbons (Fsp3) is 0.600. The van der Waals surface area contributed by atoms with Crippen LogP contribution in [0.5, 0.6) is 0 Å². The number of anilines is 2. The average Bonchev–Trinajstić information content (AvgIpc) is 2.72. The smallest absolute Gasteiger partial charge is 0.316 e. The predicted octanol–water partition coefficient (Wildman–Crippen LogP) is 3.14. The predicted molar refractivity (Wildman–Crippen MR) is 85.3 cm³/mol. The highest BCUT2D eigenvalue weighted by atomic mass is 16.6. The standard InChI is InChI=1S/C15H24N4O2/c1-11(2)12-5-4-9-18(10-8-12)14-7-3-6-13(17-16)15(14)19(20)21/h3,6-7,11-12,17H,4-5,8-10,16H2,1-2H3. The van der Waals surface area contributed by atoms with Crippen molar-refractivity contribution >= 4 is 17.1 Å². The minimum absolute atomic E-state index is 0.0722. The quantitative estimate of drug-likeness (QED) is 0.506. The molecule has 0 radical (unpaired) electrons. The van der Waals surface area contributed by atoms with E-state index in [-0.39, 0.29) is 10.6 Å². The Bertz CT molecular complexity index is 504. The van der Waals surface area contributed by atoms with Gasteiger partial charge in [0.2, 0.25) is 0 Å². The second kappa shape index (κ2) is 6.76. The van der Waals surface area contributed by atoms with E-state index in [0.29, 0.717) is 23.2 Å². The van der Waals surface area contributed by atoms with Gasteiger partial charge in [-0.2, -0.15) is 0 Å². The van der Waals surface area contributed by atoms with Crippen LogP contribution < -0.4 is 16.2 Å². The summed E-state index contributed by atoms with van der Waals surface area (Å²) in [5.41, 5.74) is 3.53.